The van der Waals surface area contributed by atoms with E-state index in [2.05, 4.69) is 5.32 Å². The summed E-state index contributed by atoms with van der Waals surface area (Å²) in [6, 6.07) is 12.1. The van der Waals surface area contributed by atoms with Crippen LogP contribution in [0.1, 0.15) is 12.5 Å². The number of anilines is 1. The van der Waals surface area contributed by atoms with E-state index >= 15 is 0 Å². The smallest absolute Gasteiger partial charge is 0.240 e. The lowest BCUT2D eigenvalue weighted by atomic mass is 10.2. The molecule has 0 aromatic heterocycles. The van der Waals surface area contributed by atoms with Gasteiger partial charge < -0.3 is 15.0 Å². The van der Waals surface area contributed by atoms with Crippen LogP contribution in [-0.2, 0) is 16.1 Å². The van der Waals surface area contributed by atoms with E-state index in [0.717, 1.165) is 5.56 Å². The summed E-state index contributed by atoms with van der Waals surface area (Å²) in [6.07, 6.45) is 0. The van der Waals surface area contributed by atoms with Gasteiger partial charge in [-0.05, 0) is 24.3 Å². The number of halogens is 2. The number of nitrogens with one attached hydrogen (secondary N) is 1. The zero-order valence-electron chi connectivity index (χ0n) is 13.9. The van der Waals surface area contributed by atoms with Crippen LogP contribution in [-0.4, -0.2) is 25.5 Å². The Bertz CT molecular complexity index is 760. The third kappa shape index (κ3) is 5.37. The molecule has 0 atom stereocenters. The lowest BCUT2D eigenvalue weighted by Gasteiger charge is -2.21. The first-order chi connectivity index (χ1) is 11.9. The number of hydrogen-bond acceptors (Lipinski definition) is 3. The topological polar surface area (TPSA) is 58.6 Å². The minimum Gasteiger partial charge on any atom is -0.496 e. The third-order valence-corrected chi connectivity index (χ3v) is 3.95. The fourth-order valence-corrected chi connectivity index (χ4v) is 2.84. The van der Waals surface area contributed by atoms with Crippen molar-refractivity contribution in [1.82, 2.24) is 5.32 Å². The van der Waals surface area contributed by atoms with Gasteiger partial charge in [-0.15, -0.1) is 0 Å². The van der Waals surface area contributed by atoms with E-state index in [9.17, 15) is 9.59 Å². The van der Waals surface area contributed by atoms with Crippen molar-refractivity contribution in [1.29, 1.82) is 0 Å². The van der Waals surface area contributed by atoms with E-state index in [1.54, 1.807) is 25.3 Å². The summed E-state index contributed by atoms with van der Waals surface area (Å²) in [5.74, 6) is 0.0934. The number of amides is 2. The van der Waals surface area contributed by atoms with Gasteiger partial charge in [-0.25, -0.2) is 0 Å². The average molecular weight is 381 g/mol. The fraction of sp³-hybridized carbons (Fsp3) is 0.222. The van der Waals surface area contributed by atoms with Crippen molar-refractivity contribution in [3.05, 3.63) is 58.1 Å². The van der Waals surface area contributed by atoms with Gasteiger partial charge in [0.15, 0.2) is 0 Å². The number of ether oxygens (including phenoxy) is 1. The molecule has 2 amide bonds. The van der Waals surface area contributed by atoms with Gasteiger partial charge in [0.2, 0.25) is 11.8 Å². The zero-order chi connectivity index (χ0) is 18.4. The highest BCUT2D eigenvalue weighted by Crippen LogP contribution is 2.25. The van der Waals surface area contributed by atoms with Gasteiger partial charge >= 0.3 is 0 Å². The van der Waals surface area contributed by atoms with Crippen LogP contribution in [0.2, 0.25) is 10.0 Å². The molecule has 0 radical (unpaired) electrons. The second-order valence-corrected chi connectivity index (χ2v) is 6.19. The molecule has 5 nitrogen and oxygen atoms in total. The number of carbonyl (C=O) groups is 2. The molecule has 0 aliphatic heterocycles. The summed E-state index contributed by atoms with van der Waals surface area (Å²) < 4.78 is 5.25. The summed E-state index contributed by atoms with van der Waals surface area (Å²) in [5, 5.41) is 3.56. The van der Waals surface area contributed by atoms with Gasteiger partial charge in [0.25, 0.3) is 0 Å². The van der Waals surface area contributed by atoms with E-state index < -0.39 is 0 Å². The van der Waals surface area contributed by atoms with E-state index in [0.29, 0.717) is 28.0 Å². The molecular formula is C18H18Cl2N2O3. The number of nitrogens with zero attached hydrogens (tertiary/aromatic N) is 1. The van der Waals surface area contributed by atoms with Crippen molar-refractivity contribution in [2.24, 2.45) is 0 Å². The molecule has 0 aliphatic carbocycles. The van der Waals surface area contributed by atoms with Crippen LogP contribution < -0.4 is 15.0 Å². The molecule has 0 aliphatic rings. The SMILES string of the molecule is COc1ccccc1CNC(=O)CN(C(C)=O)c1cc(Cl)cc(Cl)c1. The summed E-state index contributed by atoms with van der Waals surface area (Å²) in [4.78, 5) is 25.5. The van der Waals surface area contributed by atoms with Crippen LogP contribution in [0.15, 0.2) is 42.5 Å². The van der Waals surface area contributed by atoms with E-state index in [-0.39, 0.29) is 18.4 Å². The van der Waals surface area contributed by atoms with E-state index in [1.807, 2.05) is 24.3 Å². The Kier molecular flexibility index (Phi) is 6.67. The van der Waals surface area contributed by atoms with Crippen LogP contribution in [0.5, 0.6) is 5.75 Å². The Morgan fingerprint density at radius 2 is 1.76 bits per heavy atom. The Hall–Kier alpha value is -2.24. The van der Waals surface area contributed by atoms with Crippen LogP contribution in [0.25, 0.3) is 0 Å². The van der Waals surface area contributed by atoms with Gasteiger partial charge in [0, 0.05) is 34.8 Å². The second kappa shape index (κ2) is 8.74. The molecule has 7 heteroatoms. The molecule has 0 unspecified atom stereocenters. The molecule has 2 aromatic carbocycles. The lowest BCUT2D eigenvalue weighted by Crippen LogP contribution is -2.39. The van der Waals surface area contributed by atoms with Gasteiger partial charge in [0.1, 0.15) is 12.3 Å². The molecule has 25 heavy (non-hydrogen) atoms. The summed E-state index contributed by atoms with van der Waals surface area (Å²) >= 11 is 11.9. The van der Waals surface area contributed by atoms with Gasteiger partial charge in [0.05, 0.1) is 7.11 Å². The molecule has 0 spiro atoms. The molecule has 0 fully saturated rings. The van der Waals surface area contributed by atoms with E-state index in [4.69, 9.17) is 27.9 Å². The van der Waals surface area contributed by atoms with Crippen molar-refractivity contribution in [2.75, 3.05) is 18.6 Å². The first-order valence-corrected chi connectivity index (χ1v) is 8.29. The molecule has 2 aromatic rings. The summed E-state index contributed by atoms with van der Waals surface area (Å²) in [5.41, 5.74) is 1.32. The Morgan fingerprint density at radius 1 is 1.12 bits per heavy atom. The third-order valence-electron chi connectivity index (χ3n) is 3.51. The molecule has 2 rings (SSSR count). The highest BCUT2D eigenvalue weighted by molar-refractivity contribution is 6.35. The normalized spacial score (nSPS) is 10.2. The van der Waals surface area contributed by atoms with Gasteiger partial charge in [-0.3, -0.25) is 9.59 Å². The first-order valence-electron chi connectivity index (χ1n) is 7.53. The maximum Gasteiger partial charge on any atom is 0.240 e. The highest BCUT2D eigenvalue weighted by atomic mass is 35.5. The zero-order valence-corrected chi connectivity index (χ0v) is 15.4. The second-order valence-electron chi connectivity index (χ2n) is 5.32. The number of benzene rings is 2. The molecular weight excluding hydrogens is 363 g/mol. The quantitative estimate of drug-likeness (QED) is 0.831. The van der Waals surface area contributed by atoms with Gasteiger partial charge in [-0.2, -0.15) is 0 Å². The maximum absolute atomic E-state index is 12.3. The summed E-state index contributed by atoms with van der Waals surface area (Å²) in [6.45, 7) is 1.54. The Labute approximate surface area is 156 Å². The Morgan fingerprint density at radius 3 is 2.36 bits per heavy atom. The number of para-hydroxylation sites is 1. The van der Waals surface area contributed by atoms with Crippen molar-refractivity contribution in [3.8, 4) is 5.75 Å². The molecule has 132 valence electrons. The van der Waals surface area contributed by atoms with Crippen molar-refractivity contribution in [3.63, 3.8) is 0 Å². The predicted octanol–water partition coefficient (Wildman–Crippen LogP) is 3.67. The number of carbonyl (C=O) groups excluding carboxylic acids is 2. The molecule has 0 bridgehead atoms. The van der Waals surface area contributed by atoms with E-state index in [1.165, 1.54) is 11.8 Å². The average Bonchev–Trinajstić information content (AvgIpc) is 2.56. The first kappa shape index (κ1) is 19.1. The molecule has 0 saturated carbocycles. The van der Waals surface area contributed by atoms with Crippen molar-refractivity contribution >= 4 is 40.7 Å². The van der Waals surface area contributed by atoms with Crippen LogP contribution in [0.4, 0.5) is 5.69 Å². The van der Waals surface area contributed by atoms with Crippen molar-refractivity contribution in [2.45, 2.75) is 13.5 Å². The number of methoxy groups -OCH3 is 1. The largest absolute Gasteiger partial charge is 0.496 e. The van der Waals surface area contributed by atoms with Gasteiger partial charge in [-0.1, -0.05) is 41.4 Å². The van der Waals surface area contributed by atoms with Crippen LogP contribution in [0, 0.1) is 0 Å². The molecule has 0 heterocycles. The monoisotopic (exact) mass is 380 g/mol. The number of rotatable bonds is 6. The molecule has 0 saturated heterocycles. The Balaban J connectivity index is 2.07. The highest BCUT2D eigenvalue weighted by Gasteiger charge is 2.17. The maximum atomic E-state index is 12.3. The lowest BCUT2D eigenvalue weighted by molar-refractivity contribution is -0.123. The fourth-order valence-electron chi connectivity index (χ4n) is 2.32. The molecule has 1 N–H and O–H groups in total. The van der Waals surface area contributed by atoms with Crippen LogP contribution in [0.3, 0.4) is 0 Å². The number of hydrogen-bond donors (Lipinski definition) is 1. The van der Waals surface area contributed by atoms with Crippen LogP contribution >= 0.6 is 23.2 Å². The predicted molar refractivity (Wildman–Crippen MR) is 99.3 cm³/mol. The summed E-state index contributed by atoms with van der Waals surface area (Å²) in [7, 11) is 1.57. The van der Waals surface area contributed by atoms with Crippen molar-refractivity contribution < 1.29 is 14.3 Å². The standard InChI is InChI=1S/C18H18Cl2N2O3/c1-12(23)22(16-8-14(19)7-15(20)9-16)11-18(24)21-10-13-5-3-4-6-17(13)25-2/h3-9H,10-11H2,1-2H3,(H,21,24). The minimum absolute atomic E-state index is 0.138. The minimum atomic E-state index is -0.308.